The Labute approximate surface area is 102 Å². The number of carbonyl (C=O) groups is 1. The largest absolute Gasteiger partial charge is 0.378 e. The summed E-state index contributed by atoms with van der Waals surface area (Å²) in [5.41, 5.74) is 8.28. The van der Waals surface area contributed by atoms with E-state index >= 15 is 0 Å². The highest BCUT2D eigenvalue weighted by Crippen LogP contribution is 2.09. The van der Waals surface area contributed by atoms with Crippen molar-refractivity contribution in [1.29, 1.82) is 0 Å². The Bertz CT molecular complexity index is 378. The van der Waals surface area contributed by atoms with E-state index in [1.165, 1.54) is 5.56 Å². The van der Waals surface area contributed by atoms with E-state index in [1.807, 2.05) is 32.0 Å². The molecule has 0 bridgehead atoms. The Hall–Kier alpha value is -1.39. The standard InChI is InChI=1S/C13H20N2O2/c1-10-3-4-12(9-11(10)2)13(16)15-6-8-17-7-5-14/h3-4,9H,5-8,14H2,1-2H3,(H,15,16). The zero-order chi connectivity index (χ0) is 12.7. The number of aryl methyl sites for hydroxylation is 2. The fourth-order valence-electron chi connectivity index (χ4n) is 1.41. The lowest BCUT2D eigenvalue weighted by Crippen LogP contribution is -2.28. The third-order valence-corrected chi connectivity index (χ3v) is 2.56. The van der Waals surface area contributed by atoms with Gasteiger partial charge in [-0.05, 0) is 37.1 Å². The van der Waals surface area contributed by atoms with Crippen LogP contribution >= 0.6 is 0 Å². The first-order chi connectivity index (χ1) is 8.15. The monoisotopic (exact) mass is 236 g/mol. The van der Waals surface area contributed by atoms with Crippen molar-refractivity contribution in [2.75, 3.05) is 26.3 Å². The van der Waals surface area contributed by atoms with Crippen molar-refractivity contribution in [3.05, 3.63) is 34.9 Å². The van der Waals surface area contributed by atoms with Crippen LogP contribution < -0.4 is 11.1 Å². The number of carbonyl (C=O) groups excluding carboxylic acids is 1. The summed E-state index contributed by atoms with van der Waals surface area (Å²) < 4.78 is 5.17. The first-order valence-electron chi connectivity index (χ1n) is 5.78. The van der Waals surface area contributed by atoms with E-state index in [-0.39, 0.29) is 5.91 Å². The van der Waals surface area contributed by atoms with E-state index in [4.69, 9.17) is 10.5 Å². The fraction of sp³-hybridized carbons (Fsp3) is 0.462. The van der Waals surface area contributed by atoms with Gasteiger partial charge in [-0.1, -0.05) is 6.07 Å². The number of benzene rings is 1. The van der Waals surface area contributed by atoms with E-state index in [0.717, 1.165) is 5.56 Å². The Morgan fingerprint density at radius 3 is 2.71 bits per heavy atom. The van der Waals surface area contributed by atoms with Gasteiger partial charge in [-0.3, -0.25) is 4.79 Å². The second kappa shape index (κ2) is 7.04. The van der Waals surface area contributed by atoms with Crippen molar-refractivity contribution < 1.29 is 9.53 Å². The molecule has 4 heteroatoms. The van der Waals surface area contributed by atoms with Crippen LogP contribution in [0.25, 0.3) is 0 Å². The fourth-order valence-corrected chi connectivity index (χ4v) is 1.41. The van der Waals surface area contributed by atoms with Gasteiger partial charge in [0.1, 0.15) is 0 Å². The summed E-state index contributed by atoms with van der Waals surface area (Å²) >= 11 is 0. The number of nitrogens with two attached hydrogens (primary N) is 1. The number of ether oxygens (including phenoxy) is 1. The molecule has 0 unspecified atom stereocenters. The molecule has 0 fully saturated rings. The molecule has 4 nitrogen and oxygen atoms in total. The molecule has 0 saturated heterocycles. The quantitative estimate of drug-likeness (QED) is 0.724. The van der Waals surface area contributed by atoms with Crippen LogP contribution in [0.5, 0.6) is 0 Å². The van der Waals surface area contributed by atoms with E-state index in [2.05, 4.69) is 5.32 Å². The van der Waals surface area contributed by atoms with Gasteiger partial charge in [-0.25, -0.2) is 0 Å². The summed E-state index contributed by atoms with van der Waals surface area (Å²) in [5, 5.41) is 2.80. The molecule has 0 radical (unpaired) electrons. The number of hydrogen-bond acceptors (Lipinski definition) is 3. The van der Waals surface area contributed by atoms with E-state index < -0.39 is 0 Å². The number of rotatable bonds is 6. The molecule has 0 spiro atoms. The van der Waals surface area contributed by atoms with Crippen molar-refractivity contribution >= 4 is 5.91 Å². The smallest absolute Gasteiger partial charge is 0.251 e. The highest BCUT2D eigenvalue weighted by molar-refractivity contribution is 5.94. The van der Waals surface area contributed by atoms with Crippen molar-refractivity contribution in [1.82, 2.24) is 5.32 Å². The minimum absolute atomic E-state index is 0.0653. The van der Waals surface area contributed by atoms with Crippen LogP contribution in [0.4, 0.5) is 0 Å². The third-order valence-electron chi connectivity index (χ3n) is 2.56. The normalized spacial score (nSPS) is 10.3. The summed E-state index contributed by atoms with van der Waals surface area (Å²) in [6.07, 6.45) is 0. The summed E-state index contributed by atoms with van der Waals surface area (Å²) in [4.78, 5) is 11.7. The predicted molar refractivity (Wildman–Crippen MR) is 68.1 cm³/mol. The first-order valence-corrected chi connectivity index (χ1v) is 5.78. The van der Waals surface area contributed by atoms with Gasteiger partial charge in [0.15, 0.2) is 0 Å². The lowest BCUT2D eigenvalue weighted by Gasteiger charge is -2.07. The Morgan fingerprint density at radius 2 is 2.06 bits per heavy atom. The molecule has 0 aliphatic carbocycles. The summed E-state index contributed by atoms with van der Waals surface area (Å²) in [6, 6.07) is 5.68. The average Bonchev–Trinajstić information content (AvgIpc) is 2.32. The van der Waals surface area contributed by atoms with Gasteiger partial charge in [0.2, 0.25) is 0 Å². The molecule has 1 aromatic rings. The van der Waals surface area contributed by atoms with Gasteiger partial charge >= 0.3 is 0 Å². The van der Waals surface area contributed by atoms with E-state index in [1.54, 1.807) is 0 Å². The highest BCUT2D eigenvalue weighted by Gasteiger charge is 2.05. The van der Waals surface area contributed by atoms with Crippen molar-refractivity contribution in [3.8, 4) is 0 Å². The van der Waals surface area contributed by atoms with Crippen LogP contribution in [-0.4, -0.2) is 32.2 Å². The molecule has 1 rings (SSSR count). The number of nitrogens with one attached hydrogen (secondary N) is 1. The Morgan fingerprint density at radius 1 is 1.29 bits per heavy atom. The molecule has 0 aliphatic heterocycles. The van der Waals surface area contributed by atoms with Gasteiger partial charge in [-0.15, -0.1) is 0 Å². The van der Waals surface area contributed by atoms with Crippen LogP contribution in [0, 0.1) is 13.8 Å². The van der Waals surface area contributed by atoms with E-state index in [0.29, 0.717) is 31.9 Å². The lowest BCUT2D eigenvalue weighted by atomic mass is 10.1. The van der Waals surface area contributed by atoms with Gasteiger partial charge in [0.05, 0.1) is 13.2 Å². The van der Waals surface area contributed by atoms with Crippen LogP contribution in [0.3, 0.4) is 0 Å². The summed E-state index contributed by atoms with van der Waals surface area (Å²) in [6.45, 7) is 6.05. The summed E-state index contributed by atoms with van der Waals surface area (Å²) in [7, 11) is 0. The van der Waals surface area contributed by atoms with Crippen LogP contribution in [0.15, 0.2) is 18.2 Å². The minimum Gasteiger partial charge on any atom is -0.378 e. The molecule has 94 valence electrons. The van der Waals surface area contributed by atoms with E-state index in [9.17, 15) is 4.79 Å². The third kappa shape index (κ3) is 4.54. The molecule has 1 amide bonds. The second-order valence-electron chi connectivity index (χ2n) is 3.96. The molecule has 1 aromatic carbocycles. The molecule has 17 heavy (non-hydrogen) atoms. The topological polar surface area (TPSA) is 64.3 Å². The average molecular weight is 236 g/mol. The van der Waals surface area contributed by atoms with Crippen molar-refractivity contribution in [2.45, 2.75) is 13.8 Å². The number of hydrogen-bond donors (Lipinski definition) is 2. The first kappa shape index (κ1) is 13.7. The molecule has 0 saturated carbocycles. The van der Waals surface area contributed by atoms with Crippen LogP contribution in [0.1, 0.15) is 21.5 Å². The van der Waals surface area contributed by atoms with Gasteiger partial charge in [0, 0.05) is 18.7 Å². The van der Waals surface area contributed by atoms with Gasteiger partial charge in [-0.2, -0.15) is 0 Å². The van der Waals surface area contributed by atoms with Crippen LogP contribution in [-0.2, 0) is 4.74 Å². The zero-order valence-corrected chi connectivity index (χ0v) is 10.5. The summed E-state index contributed by atoms with van der Waals surface area (Å²) in [5.74, 6) is -0.0653. The maximum Gasteiger partial charge on any atom is 0.251 e. The second-order valence-corrected chi connectivity index (χ2v) is 3.96. The molecule has 0 atom stereocenters. The van der Waals surface area contributed by atoms with Gasteiger partial charge in [0.25, 0.3) is 5.91 Å². The molecule has 0 aromatic heterocycles. The lowest BCUT2D eigenvalue weighted by molar-refractivity contribution is 0.0920. The molecular formula is C13H20N2O2. The maximum absolute atomic E-state index is 11.7. The van der Waals surface area contributed by atoms with Gasteiger partial charge < -0.3 is 15.8 Å². The number of amides is 1. The molecule has 0 aliphatic rings. The van der Waals surface area contributed by atoms with Crippen molar-refractivity contribution in [3.63, 3.8) is 0 Å². The Kier molecular flexibility index (Phi) is 5.66. The molecular weight excluding hydrogens is 216 g/mol. The zero-order valence-electron chi connectivity index (χ0n) is 10.5. The maximum atomic E-state index is 11.7. The Balaban J connectivity index is 2.39. The molecule has 3 N–H and O–H groups in total. The predicted octanol–water partition coefficient (Wildman–Crippen LogP) is 1.01. The minimum atomic E-state index is -0.0653. The molecule has 0 heterocycles. The van der Waals surface area contributed by atoms with Crippen molar-refractivity contribution in [2.24, 2.45) is 5.73 Å². The SMILES string of the molecule is Cc1ccc(C(=O)NCCOCCN)cc1C. The van der Waals surface area contributed by atoms with Crippen LogP contribution in [0.2, 0.25) is 0 Å². The highest BCUT2D eigenvalue weighted by atomic mass is 16.5.